The van der Waals surface area contributed by atoms with E-state index in [0.29, 0.717) is 15.7 Å². The standard InChI is InChI=1S/C23H20ClN5OS2.C4H8/c1-5-8-25-13(3)21-17(16-7-6-15(24)9-12(16)2)10-18(31-21)19-20-22(27-11-26-19)32-23(29-20)28-14(4)30;1-3-4-2/h5-11H,1-4H3,(H,28,29,30);3H,1,4H2,2H3/b8-5-,25-13?;. The summed E-state index contributed by atoms with van der Waals surface area (Å²) in [5.41, 5.74) is 5.53. The maximum Gasteiger partial charge on any atom is 0.223 e. The summed E-state index contributed by atoms with van der Waals surface area (Å²) in [6.07, 6.45) is 8.18. The number of aryl methyl sites for hydroxylation is 1. The maximum atomic E-state index is 11.5. The number of thiazole rings is 1. The quantitative estimate of drug-likeness (QED) is 0.198. The molecule has 0 saturated carbocycles. The summed E-state index contributed by atoms with van der Waals surface area (Å²) in [6, 6.07) is 8.00. The van der Waals surface area contributed by atoms with Gasteiger partial charge in [0, 0.05) is 23.7 Å². The number of aliphatic imine (C=N–C) groups is 1. The summed E-state index contributed by atoms with van der Waals surface area (Å²) in [5.74, 6) is -0.173. The van der Waals surface area contributed by atoms with Crippen molar-refractivity contribution in [2.75, 3.05) is 5.32 Å². The normalized spacial score (nSPS) is 11.4. The van der Waals surface area contributed by atoms with Gasteiger partial charge in [0.2, 0.25) is 5.91 Å². The smallest absolute Gasteiger partial charge is 0.223 e. The van der Waals surface area contributed by atoms with Crippen LogP contribution in [-0.4, -0.2) is 26.6 Å². The first-order valence-corrected chi connectivity index (χ1v) is 13.4. The van der Waals surface area contributed by atoms with E-state index in [4.69, 9.17) is 11.6 Å². The lowest BCUT2D eigenvalue weighted by Crippen LogP contribution is -2.04. The minimum atomic E-state index is -0.173. The number of allylic oxidation sites excluding steroid dienone is 2. The van der Waals surface area contributed by atoms with Gasteiger partial charge in [-0.3, -0.25) is 9.79 Å². The molecular formula is C27H28ClN5OS2. The van der Waals surface area contributed by atoms with Gasteiger partial charge in [0.25, 0.3) is 0 Å². The molecule has 9 heteroatoms. The molecule has 0 spiro atoms. The highest BCUT2D eigenvalue weighted by Crippen LogP contribution is 2.41. The third kappa shape index (κ3) is 6.51. The van der Waals surface area contributed by atoms with Crippen molar-refractivity contribution in [1.29, 1.82) is 0 Å². The molecule has 0 radical (unpaired) electrons. The highest BCUT2D eigenvalue weighted by Gasteiger charge is 2.20. The Hall–Kier alpha value is -3.20. The lowest BCUT2D eigenvalue weighted by Gasteiger charge is -2.07. The van der Waals surface area contributed by atoms with Crippen LogP contribution < -0.4 is 5.32 Å². The van der Waals surface area contributed by atoms with E-state index in [1.165, 1.54) is 24.6 Å². The average Bonchev–Trinajstić information content (AvgIpc) is 3.46. The molecule has 0 unspecified atom stereocenters. The maximum absolute atomic E-state index is 11.5. The van der Waals surface area contributed by atoms with Crippen LogP contribution in [0.3, 0.4) is 0 Å². The molecule has 0 aliphatic heterocycles. The van der Waals surface area contributed by atoms with E-state index in [9.17, 15) is 4.79 Å². The average molecular weight is 538 g/mol. The number of fused-ring (bicyclic) bond motifs is 1. The van der Waals surface area contributed by atoms with Gasteiger partial charge in [-0.25, -0.2) is 15.0 Å². The van der Waals surface area contributed by atoms with E-state index in [0.717, 1.165) is 49.1 Å². The number of carbonyl (C=O) groups is 1. The topological polar surface area (TPSA) is 80.1 Å². The molecule has 4 rings (SSSR count). The van der Waals surface area contributed by atoms with Crippen LogP contribution in [0.1, 0.15) is 44.6 Å². The van der Waals surface area contributed by atoms with Gasteiger partial charge in [-0.15, -0.1) is 17.9 Å². The number of amides is 1. The van der Waals surface area contributed by atoms with E-state index in [1.54, 1.807) is 17.5 Å². The molecule has 1 aromatic carbocycles. The number of thiophene rings is 1. The number of rotatable bonds is 6. The van der Waals surface area contributed by atoms with E-state index < -0.39 is 0 Å². The summed E-state index contributed by atoms with van der Waals surface area (Å²) >= 11 is 9.13. The SMILES string of the molecule is C/C=C\N=C(C)c1sc(-c2ncnc3sc(NC(C)=O)nc23)cc1-c1ccc(Cl)cc1C.C=CCC. The second kappa shape index (κ2) is 12.7. The molecule has 0 aliphatic rings. The van der Waals surface area contributed by atoms with Gasteiger partial charge in [0.1, 0.15) is 22.4 Å². The second-order valence-electron chi connectivity index (χ2n) is 7.78. The first-order valence-electron chi connectivity index (χ1n) is 11.4. The molecule has 3 heterocycles. The van der Waals surface area contributed by atoms with Crippen molar-refractivity contribution in [3.63, 3.8) is 0 Å². The summed E-state index contributed by atoms with van der Waals surface area (Å²) in [4.78, 5) is 32.2. The number of aromatic nitrogens is 3. The van der Waals surface area contributed by atoms with E-state index in [-0.39, 0.29) is 5.91 Å². The van der Waals surface area contributed by atoms with Crippen molar-refractivity contribution in [2.45, 2.75) is 41.0 Å². The zero-order chi connectivity index (χ0) is 26.2. The predicted molar refractivity (Wildman–Crippen MR) is 156 cm³/mol. The number of halogens is 1. The Balaban J connectivity index is 0.000000840. The molecular weight excluding hydrogens is 510 g/mol. The number of benzene rings is 1. The number of nitrogens with zero attached hydrogens (tertiary/aromatic N) is 4. The summed E-state index contributed by atoms with van der Waals surface area (Å²) in [6.45, 7) is 13.0. The highest BCUT2D eigenvalue weighted by atomic mass is 35.5. The molecule has 186 valence electrons. The minimum Gasteiger partial charge on any atom is -0.302 e. The van der Waals surface area contributed by atoms with Crippen molar-refractivity contribution < 1.29 is 4.79 Å². The fourth-order valence-electron chi connectivity index (χ4n) is 3.29. The molecule has 0 fully saturated rings. The van der Waals surface area contributed by atoms with Crippen molar-refractivity contribution in [3.8, 4) is 21.7 Å². The van der Waals surface area contributed by atoms with Crippen LogP contribution in [0.4, 0.5) is 5.13 Å². The van der Waals surface area contributed by atoms with Crippen LogP contribution in [-0.2, 0) is 4.79 Å². The number of carbonyl (C=O) groups excluding carboxylic acids is 1. The monoisotopic (exact) mass is 537 g/mol. The van der Waals surface area contributed by atoms with Crippen LogP contribution in [0.2, 0.25) is 5.02 Å². The first kappa shape index (κ1) is 27.4. The van der Waals surface area contributed by atoms with Crippen LogP contribution in [0, 0.1) is 6.92 Å². The van der Waals surface area contributed by atoms with Crippen molar-refractivity contribution in [1.82, 2.24) is 15.0 Å². The lowest BCUT2D eigenvalue weighted by atomic mass is 9.99. The molecule has 1 N–H and O–H groups in total. The van der Waals surface area contributed by atoms with Crippen LogP contribution in [0.15, 0.2) is 60.5 Å². The Morgan fingerprint density at radius 2 is 1.94 bits per heavy atom. The van der Waals surface area contributed by atoms with E-state index in [1.807, 2.05) is 51.1 Å². The van der Waals surface area contributed by atoms with Crippen molar-refractivity contribution in [3.05, 3.63) is 71.0 Å². The summed E-state index contributed by atoms with van der Waals surface area (Å²) in [7, 11) is 0. The van der Waals surface area contributed by atoms with Gasteiger partial charge >= 0.3 is 0 Å². The van der Waals surface area contributed by atoms with Gasteiger partial charge in [-0.1, -0.05) is 48.1 Å². The molecule has 4 aromatic rings. The zero-order valence-corrected chi connectivity index (χ0v) is 23.3. The van der Waals surface area contributed by atoms with E-state index in [2.05, 4.69) is 44.8 Å². The number of nitrogens with one attached hydrogen (secondary N) is 1. The summed E-state index contributed by atoms with van der Waals surface area (Å²) in [5, 5.41) is 3.94. The van der Waals surface area contributed by atoms with E-state index >= 15 is 0 Å². The Morgan fingerprint density at radius 1 is 1.19 bits per heavy atom. The van der Waals surface area contributed by atoms with Crippen LogP contribution in [0.25, 0.3) is 32.0 Å². The van der Waals surface area contributed by atoms with Crippen LogP contribution in [0.5, 0.6) is 0 Å². The van der Waals surface area contributed by atoms with Gasteiger partial charge in [0.15, 0.2) is 5.13 Å². The molecule has 1 amide bonds. The van der Waals surface area contributed by atoms with Gasteiger partial charge in [0.05, 0.1) is 15.5 Å². The molecule has 36 heavy (non-hydrogen) atoms. The summed E-state index contributed by atoms with van der Waals surface area (Å²) < 4.78 is 0. The zero-order valence-electron chi connectivity index (χ0n) is 20.9. The van der Waals surface area contributed by atoms with Gasteiger partial charge in [-0.05, 0) is 56.5 Å². The largest absolute Gasteiger partial charge is 0.302 e. The Bertz CT molecular complexity index is 1450. The number of hydrogen-bond donors (Lipinski definition) is 1. The van der Waals surface area contributed by atoms with Crippen molar-refractivity contribution in [2.24, 2.45) is 4.99 Å². The molecule has 0 aliphatic carbocycles. The molecule has 3 aromatic heterocycles. The van der Waals surface area contributed by atoms with Gasteiger partial charge < -0.3 is 5.32 Å². The minimum absolute atomic E-state index is 0.173. The molecule has 0 atom stereocenters. The Labute approximate surface area is 224 Å². The lowest BCUT2D eigenvalue weighted by molar-refractivity contribution is -0.114. The third-order valence-corrected chi connectivity index (χ3v) is 7.32. The number of hydrogen-bond acceptors (Lipinski definition) is 7. The number of anilines is 1. The molecule has 0 saturated heterocycles. The molecule has 6 nitrogen and oxygen atoms in total. The Kier molecular flexibility index (Phi) is 9.64. The Morgan fingerprint density at radius 3 is 2.58 bits per heavy atom. The predicted octanol–water partition coefficient (Wildman–Crippen LogP) is 8.33. The first-order chi connectivity index (χ1) is 17.3. The van der Waals surface area contributed by atoms with Gasteiger partial charge in [-0.2, -0.15) is 0 Å². The third-order valence-electron chi connectivity index (χ3n) is 4.96. The highest BCUT2D eigenvalue weighted by molar-refractivity contribution is 7.22. The fraction of sp³-hybridized carbons (Fsp3) is 0.222. The van der Waals surface area contributed by atoms with Crippen molar-refractivity contribution >= 4 is 61.4 Å². The second-order valence-corrected chi connectivity index (χ2v) is 10.2. The molecule has 0 bridgehead atoms. The van der Waals surface area contributed by atoms with Crippen LogP contribution >= 0.6 is 34.3 Å². The fourth-order valence-corrected chi connectivity index (χ4v) is 5.49.